The summed E-state index contributed by atoms with van der Waals surface area (Å²) in [4.78, 5) is 37.1. The van der Waals surface area contributed by atoms with E-state index in [2.05, 4.69) is 54.7 Å². The SMILES string of the molecule is O=C1NC(=O)/C(=C\c2ccnc(N3CCC(CNc4ccc(N5CCOCC5)cc4)CC3)n2)S1. The molecule has 1 aromatic heterocycles. The Balaban J connectivity index is 1.11. The fourth-order valence-electron chi connectivity index (χ4n) is 4.36. The maximum Gasteiger partial charge on any atom is 0.290 e. The van der Waals surface area contributed by atoms with E-state index in [0.717, 1.165) is 76.2 Å². The summed E-state index contributed by atoms with van der Waals surface area (Å²) in [6, 6.07) is 10.4. The lowest BCUT2D eigenvalue weighted by atomic mass is 9.97. The second-order valence-corrected chi connectivity index (χ2v) is 9.61. The molecule has 0 saturated carbocycles. The normalized spacial score (nSPS) is 20.6. The Kier molecular flexibility index (Phi) is 6.96. The van der Waals surface area contributed by atoms with Crippen LogP contribution in [0, 0.1) is 5.92 Å². The monoisotopic (exact) mass is 480 g/mol. The van der Waals surface area contributed by atoms with Gasteiger partial charge in [0.05, 0.1) is 23.8 Å². The maximum absolute atomic E-state index is 11.8. The average Bonchev–Trinajstić information content (AvgIpc) is 3.20. The highest BCUT2D eigenvalue weighted by atomic mass is 32.2. The quantitative estimate of drug-likeness (QED) is 0.605. The van der Waals surface area contributed by atoms with Crippen molar-refractivity contribution in [3.05, 3.63) is 47.1 Å². The Morgan fingerprint density at radius 2 is 1.82 bits per heavy atom. The Labute approximate surface area is 203 Å². The second-order valence-electron chi connectivity index (χ2n) is 8.59. The van der Waals surface area contributed by atoms with Gasteiger partial charge in [-0.15, -0.1) is 0 Å². The van der Waals surface area contributed by atoms with Crippen molar-refractivity contribution in [1.29, 1.82) is 0 Å². The number of rotatable bonds is 6. The first-order chi connectivity index (χ1) is 16.6. The number of hydrogen-bond acceptors (Lipinski definition) is 9. The molecule has 3 saturated heterocycles. The summed E-state index contributed by atoms with van der Waals surface area (Å²) in [7, 11) is 0. The third-order valence-electron chi connectivity index (χ3n) is 6.32. The predicted molar refractivity (Wildman–Crippen MR) is 134 cm³/mol. The number of aromatic nitrogens is 2. The van der Waals surface area contributed by atoms with Crippen LogP contribution in [-0.4, -0.2) is 67.1 Å². The van der Waals surface area contributed by atoms with Crippen LogP contribution in [0.3, 0.4) is 0 Å². The van der Waals surface area contributed by atoms with Crippen molar-refractivity contribution in [2.24, 2.45) is 5.92 Å². The van der Waals surface area contributed by atoms with Gasteiger partial charge in [-0.2, -0.15) is 0 Å². The summed E-state index contributed by atoms with van der Waals surface area (Å²) >= 11 is 0.895. The Hall–Kier alpha value is -3.11. The molecular weight excluding hydrogens is 452 g/mol. The van der Waals surface area contributed by atoms with E-state index in [0.29, 0.717) is 22.5 Å². The van der Waals surface area contributed by atoms with Crippen LogP contribution in [0.25, 0.3) is 6.08 Å². The summed E-state index contributed by atoms with van der Waals surface area (Å²) in [5, 5.41) is 5.50. The molecular formula is C24H28N6O3S. The van der Waals surface area contributed by atoms with Gasteiger partial charge >= 0.3 is 0 Å². The van der Waals surface area contributed by atoms with Gasteiger partial charge in [0, 0.05) is 50.3 Å². The van der Waals surface area contributed by atoms with Gasteiger partial charge in [-0.3, -0.25) is 14.9 Å². The first kappa shape index (κ1) is 22.7. The Morgan fingerprint density at radius 3 is 2.53 bits per heavy atom. The number of ether oxygens (including phenoxy) is 1. The number of morpholine rings is 1. The maximum atomic E-state index is 11.8. The van der Waals surface area contributed by atoms with Crippen molar-refractivity contribution in [3.8, 4) is 0 Å². The number of nitrogens with one attached hydrogen (secondary N) is 2. The van der Waals surface area contributed by atoms with Gasteiger partial charge in [0.25, 0.3) is 11.1 Å². The van der Waals surface area contributed by atoms with Gasteiger partial charge in [0.2, 0.25) is 5.95 Å². The van der Waals surface area contributed by atoms with E-state index in [1.54, 1.807) is 18.3 Å². The molecule has 10 heteroatoms. The third kappa shape index (κ3) is 5.51. The first-order valence-electron chi connectivity index (χ1n) is 11.6. The number of amides is 2. The largest absolute Gasteiger partial charge is 0.385 e. The van der Waals surface area contributed by atoms with E-state index in [4.69, 9.17) is 4.74 Å². The molecule has 178 valence electrons. The van der Waals surface area contributed by atoms with E-state index in [1.165, 1.54) is 5.69 Å². The lowest BCUT2D eigenvalue weighted by Crippen LogP contribution is -2.37. The van der Waals surface area contributed by atoms with Crippen LogP contribution in [0.15, 0.2) is 41.4 Å². The van der Waals surface area contributed by atoms with E-state index in [9.17, 15) is 9.59 Å². The molecule has 34 heavy (non-hydrogen) atoms. The van der Waals surface area contributed by atoms with Gasteiger partial charge in [-0.1, -0.05) is 0 Å². The van der Waals surface area contributed by atoms with Crippen molar-refractivity contribution in [1.82, 2.24) is 15.3 Å². The molecule has 0 spiro atoms. The summed E-state index contributed by atoms with van der Waals surface area (Å²) < 4.78 is 5.43. The number of benzene rings is 1. The van der Waals surface area contributed by atoms with Crippen molar-refractivity contribution >= 4 is 46.3 Å². The summed E-state index contributed by atoms with van der Waals surface area (Å²) in [6.07, 6.45) is 5.44. The lowest BCUT2D eigenvalue weighted by Gasteiger charge is -2.32. The zero-order chi connectivity index (χ0) is 23.3. The van der Waals surface area contributed by atoms with Crippen molar-refractivity contribution < 1.29 is 14.3 Å². The third-order valence-corrected chi connectivity index (χ3v) is 7.13. The highest BCUT2D eigenvalue weighted by molar-refractivity contribution is 8.18. The molecule has 2 amide bonds. The van der Waals surface area contributed by atoms with Crippen LogP contribution in [0.2, 0.25) is 0 Å². The molecule has 9 nitrogen and oxygen atoms in total. The number of anilines is 3. The van der Waals surface area contributed by atoms with Gasteiger partial charge in [0.1, 0.15) is 0 Å². The average molecular weight is 481 g/mol. The van der Waals surface area contributed by atoms with Crippen LogP contribution < -0.4 is 20.4 Å². The fourth-order valence-corrected chi connectivity index (χ4v) is 5.03. The topological polar surface area (TPSA) is 99.7 Å². The van der Waals surface area contributed by atoms with E-state index in [1.807, 2.05) is 0 Å². The van der Waals surface area contributed by atoms with Crippen molar-refractivity contribution in [3.63, 3.8) is 0 Å². The molecule has 2 N–H and O–H groups in total. The minimum atomic E-state index is -0.376. The van der Waals surface area contributed by atoms with Gasteiger partial charge in [-0.25, -0.2) is 9.97 Å². The number of piperidine rings is 1. The molecule has 0 radical (unpaired) electrons. The number of imide groups is 1. The van der Waals surface area contributed by atoms with Gasteiger partial charge in [0.15, 0.2) is 0 Å². The molecule has 0 aliphatic carbocycles. The summed E-state index contributed by atoms with van der Waals surface area (Å²) in [6.45, 7) is 6.20. The molecule has 2 aromatic rings. The Morgan fingerprint density at radius 1 is 1.06 bits per heavy atom. The second kappa shape index (κ2) is 10.4. The van der Waals surface area contributed by atoms with Gasteiger partial charge < -0.3 is 19.9 Å². The van der Waals surface area contributed by atoms with Crippen molar-refractivity contribution in [2.45, 2.75) is 12.8 Å². The molecule has 0 bridgehead atoms. The van der Waals surface area contributed by atoms with Crippen LogP contribution in [0.4, 0.5) is 22.1 Å². The standard InChI is InChI=1S/C24H28N6O3S/c31-22-21(34-24(32)28-22)15-19-5-8-25-23(27-19)30-9-6-17(7-10-30)16-26-18-1-3-20(4-2-18)29-11-13-33-14-12-29/h1-5,8,15,17,26H,6-7,9-14,16H2,(H,28,31,32)/b21-15+. The predicted octanol–water partition coefficient (Wildman–Crippen LogP) is 2.97. The van der Waals surface area contributed by atoms with E-state index < -0.39 is 0 Å². The van der Waals surface area contributed by atoms with Crippen LogP contribution in [0.1, 0.15) is 18.5 Å². The number of hydrogen-bond donors (Lipinski definition) is 2. The van der Waals surface area contributed by atoms with Crippen LogP contribution in [0.5, 0.6) is 0 Å². The summed E-state index contributed by atoms with van der Waals surface area (Å²) in [5.41, 5.74) is 3.02. The minimum absolute atomic E-state index is 0.353. The number of thioether (sulfide) groups is 1. The van der Waals surface area contributed by atoms with E-state index >= 15 is 0 Å². The van der Waals surface area contributed by atoms with Crippen molar-refractivity contribution in [2.75, 3.05) is 61.1 Å². The minimum Gasteiger partial charge on any atom is -0.385 e. The highest BCUT2D eigenvalue weighted by Gasteiger charge is 2.26. The lowest BCUT2D eigenvalue weighted by molar-refractivity contribution is -0.115. The zero-order valence-corrected chi connectivity index (χ0v) is 19.7. The Bertz CT molecular complexity index is 1060. The van der Waals surface area contributed by atoms with Crippen LogP contribution >= 0.6 is 11.8 Å². The molecule has 3 aliphatic rings. The molecule has 0 unspecified atom stereocenters. The van der Waals surface area contributed by atoms with Gasteiger partial charge in [-0.05, 0) is 66.9 Å². The molecule has 3 aliphatic heterocycles. The number of carbonyl (C=O) groups is 2. The molecule has 5 rings (SSSR count). The smallest absolute Gasteiger partial charge is 0.290 e. The van der Waals surface area contributed by atoms with E-state index in [-0.39, 0.29) is 11.1 Å². The molecule has 0 atom stereocenters. The van der Waals surface area contributed by atoms with Crippen LogP contribution in [-0.2, 0) is 9.53 Å². The molecule has 1 aromatic carbocycles. The summed E-state index contributed by atoms with van der Waals surface area (Å²) in [5.74, 6) is 0.874. The molecule has 3 fully saturated rings. The zero-order valence-electron chi connectivity index (χ0n) is 18.9. The molecule has 4 heterocycles. The first-order valence-corrected chi connectivity index (χ1v) is 12.5. The fraction of sp³-hybridized carbons (Fsp3) is 0.417. The number of carbonyl (C=O) groups excluding carboxylic acids is 2. The number of nitrogens with zero attached hydrogens (tertiary/aromatic N) is 4. The highest BCUT2D eigenvalue weighted by Crippen LogP contribution is 2.26.